The Kier molecular flexibility index (Phi) is 6.87. The number of hydrogen-bond donors (Lipinski definition) is 0. The summed E-state index contributed by atoms with van der Waals surface area (Å²) in [6.07, 6.45) is -1.02. The van der Waals surface area contributed by atoms with E-state index in [0.29, 0.717) is 28.9 Å². The summed E-state index contributed by atoms with van der Waals surface area (Å²) >= 11 is 1.21. The minimum Gasteiger partial charge on any atom is -0.339 e. The van der Waals surface area contributed by atoms with Crippen LogP contribution >= 0.6 is 11.8 Å². The first-order chi connectivity index (χ1) is 16.2. The van der Waals surface area contributed by atoms with Crippen LogP contribution in [0.25, 0.3) is 11.4 Å². The first-order valence-corrected chi connectivity index (χ1v) is 11.5. The molecule has 1 aromatic carbocycles. The van der Waals surface area contributed by atoms with E-state index in [0.717, 1.165) is 15.7 Å². The highest BCUT2D eigenvalue weighted by atomic mass is 32.2. The average molecular weight is 486 g/mol. The van der Waals surface area contributed by atoms with Gasteiger partial charge in [-0.1, -0.05) is 42.1 Å². The lowest BCUT2D eigenvalue weighted by molar-refractivity contribution is -0.141. The lowest BCUT2D eigenvalue weighted by Crippen LogP contribution is -2.19. The Morgan fingerprint density at radius 2 is 1.71 bits per heavy atom. The Hall–Kier alpha value is -3.40. The van der Waals surface area contributed by atoms with Crippen molar-refractivity contribution in [2.75, 3.05) is 5.75 Å². The van der Waals surface area contributed by atoms with E-state index in [2.05, 4.69) is 15.2 Å². The van der Waals surface area contributed by atoms with Crippen molar-refractivity contribution in [3.63, 3.8) is 0 Å². The molecule has 0 radical (unpaired) electrons. The molecule has 4 aromatic rings. The molecule has 4 rings (SSSR count). The number of aryl methyl sites for hydroxylation is 1. The number of aromatic nitrogens is 5. The van der Waals surface area contributed by atoms with Gasteiger partial charge in [-0.15, -0.1) is 10.2 Å². The number of carbonyl (C=O) groups is 1. The Balaban J connectivity index is 1.58. The van der Waals surface area contributed by atoms with Gasteiger partial charge in [0.1, 0.15) is 6.54 Å². The summed E-state index contributed by atoms with van der Waals surface area (Å²) in [4.78, 5) is 17.0. The lowest BCUT2D eigenvalue weighted by Gasteiger charge is -2.12. The Bertz CT molecular complexity index is 1280. The zero-order valence-corrected chi connectivity index (χ0v) is 19.4. The lowest BCUT2D eigenvalue weighted by atomic mass is 10.2. The number of ketones is 1. The molecule has 0 amide bonds. The zero-order chi connectivity index (χ0) is 24.3. The fourth-order valence-corrected chi connectivity index (χ4v) is 4.55. The molecule has 6 nitrogen and oxygen atoms in total. The van der Waals surface area contributed by atoms with E-state index in [1.54, 1.807) is 19.3 Å². The molecule has 0 saturated heterocycles. The normalized spacial score (nSPS) is 11.7. The third-order valence-electron chi connectivity index (χ3n) is 5.38. The number of Topliss-reactive ketones (excluding diaryl/α,β-unsaturated/α-hetero) is 1. The van der Waals surface area contributed by atoms with Gasteiger partial charge in [-0.2, -0.15) is 13.2 Å². The van der Waals surface area contributed by atoms with Crippen molar-refractivity contribution < 1.29 is 18.0 Å². The van der Waals surface area contributed by atoms with E-state index in [1.807, 2.05) is 47.0 Å². The van der Waals surface area contributed by atoms with Crippen LogP contribution in [0.3, 0.4) is 0 Å². The van der Waals surface area contributed by atoms with Crippen LogP contribution in [0.15, 0.2) is 66.1 Å². The van der Waals surface area contributed by atoms with Gasteiger partial charge in [0.05, 0.1) is 12.3 Å². The van der Waals surface area contributed by atoms with Gasteiger partial charge in [0.15, 0.2) is 16.8 Å². The van der Waals surface area contributed by atoms with Crippen LogP contribution in [0.4, 0.5) is 13.2 Å². The van der Waals surface area contributed by atoms with Crippen LogP contribution in [-0.4, -0.2) is 42.0 Å². The van der Waals surface area contributed by atoms with Gasteiger partial charge in [0, 0.05) is 34.9 Å². The fraction of sp³-hybridized carbons (Fsp3) is 0.250. The smallest absolute Gasteiger partial charge is 0.339 e. The van der Waals surface area contributed by atoms with Gasteiger partial charge >= 0.3 is 6.18 Å². The topological polar surface area (TPSA) is 65.6 Å². The molecule has 0 aliphatic rings. The molecule has 0 fully saturated rings. The predicted octanol–water partition coefficient (Wildman–Crippen LogP) is 5.34. The van der Waals surface area contributed by atoms with E-state index >= 15 is 0 Å². The standard InChI is InChI=1S/C24H22F3N5OS/c1-16-12-20(17(2)32(16)15-24(25,26)27)21(33)14-34-23-30-29-22(19-8-10-28-11-9-19)31(23)13-18-6-4-3-5-7-18/h3-12H,13-15H2,1-2H3. The number of hydrogen-bond acceptors (Lipinski definition) is 5. The molecule has 0 aliphatic heterocycles. The van der Waals surface area contributed by atoms with Crippen LogP contribution in [0, 0.1) is 13.8 Å². The molecule has 0 spiro atoms. The maximum Gasteiger partial charge on any atom is 0.406 e. The van der Waals surface area contributed by atoms with Gasteiger partial charge in [-0.25, -0.2) is 0 Å². The number of nitrogens with zero attached hydrogens (tertiary/aromatic N) is 5. The molecule has 34 heavy (non-hydrogen) atoms. The number of halogens is 3. The molecule has 0 atom stereocenters. The van der Waals surface area contributed by atoms with Crippen molar-refractivity contribution in [2.45, 2.75) is 38.3 Å². The highest BCUT2D eigenvalue weighted by molar-refractivity contribution is 7.99. The Morgan fingerprint density at radius 1 is 1.00 bits per heavy atom. The summed E-state index contributed by atoms with van der Waals surface area (Å²) in [7, 11) is 0. The second-order valence-corrected chi connectivity index (χ2v) is 8.75. The molecule has 3 heterocycles. The highest BCUT2D eigenvalue weighted by Crippen LogP contribution is 2.27. The second kappa shape index (κ2) is 9.84. The largest absolute Gasteiger partial charge is 0.406 e. The molecule has 0 N–H and O–H groups in total. The van der Waals surface area contributed by atoms with Gasteiger partial charge in [-0.3, -0.25) is 14.3 Å². The first-order valence-electron chi connectivity index (χ1n) is 10.5. The fourth-order valence-electron chi connectivity index (χ4n) is 3.73. The minimum absolute atomic E-state index is 0.0274. The van der Waals surface area contributed by atoms with Crippen LogP contribution in [-0.2, 0) is 13.1 Å². The van der Waals surface area contributed by atoms with E-state index in [4.69, 9.17) is 0 Å². The van der Waals surface area contributed by atoms with Crippen LogP contribution in [0.2, 0.25) is 0 Å². The second-order valence-electron chi connectivity index (χ2n) is 7.81. The van der Waals surface area contributed by atoms with Gasteiger partial charge < -0.3 is 4.57 Å². The van der Waals surface area contributed by atoms with Crippen LogP contribution < -0.4 is 0 Å². The number of benzene rings is 1. The zero-order valence-electron chi connectivity index (χ0n) is 18.6. The number of rotatable bonds is 8. The third kappa shape index (κ3) is 5.39. The molecule has 0 unspecified atom stereocenters. The predicted molar refractivity (Wildman–Crippen MR) is 124 cm³/mol. The van der Waals surface area contributed by atoms with Crippen molar-refractivity contribution in [3.05, 3.63) is 83.4 Å². The maximum absolute atomic E-state index is 12.9. The Labute approximate surface area is 198 Å². The van der Waals surface area contributed by atoms with Crippen molar-refractivity contribution >= 4 is 17.5 Å². The monoisotopic (exact) mass is 485 g/mol. The van der Waals surface area contributed by atoms with Gasteiger partial charge in [-0.05, 0) is 37.6 Å². The van der Waals surface area contributed by atoms with Crippen LogP contribution in [0.5, 0.6) is 0 Å². The number of carbonyl (C=O) groups excluding carboxylic acids is 1. The minimum atomic E-state index is -4.36. The number of thioether (sulfide) groups is 1. The summed E-state index contributed by atoms with van der Waals surface area (Å²) in [6, 6.07) is 15.0. The van der Waals surface area contributed by atoms with Gasteiger partial charge in [0.2, 0.25) is 0 Å². The van der Waals surface area contributed by atoms with E-state index < -0.39 is 12.7 Å². The SMILES string of the molecule is Cc1cc(C(=O)CSc2nnc(-c3ccncc3)n2Cc2ccccc2)c(C)n1CC(F)(F)F. The van der Waals surface area contributed by atoms with Crippen molar-refractivity contribution in [2.24, 2.45) is 0 Å². The summed E-state index contributed by atoms with van der Waals surface area (Å²) < 4.78 is 41.8. The van der Waals surface area contributed by atoms with E-state index in [9.17, 15) is 18.0 Å². The molecule has 0 bridgehead atoms. The molecule has 176 valence electrons. The van der Waals surface area contributed by atoms with Crippen molar-refractivity contribution in [1.82, 2.24) is 24.3 Å². The number of alkyl halides is 3. The molecule has 3 aromatic heterocycles. The molecule has 10 heteroatoms. The molecule has 0 aliphatic carbocycles. The average Bonchev–Trinajstić information content (AvgIpc) is 3.33. The van der Waals surface area contributed by atoms with E-state index in [-0.39, 0.29) is 17.1 Å². The molecular formula is C24H22F3N5OS. The summed E-state index contributed by atoms with van der Waals surface area (Å²) in [5.41, 5.74) is 2.88. The number of pyridine rings is 1. The summed E-state index contributed by atoms with van der Waals surface area (Å²) in [6.45, 7) is 2.49. The summed E-state index contributed by atoms with van der Waals surface area (Å²) in [5, 5.41) is 9.18. The third-order valence-corrected chi connectivity index (χ3v) is 6.35. The van der Waals surface area contributed by atoms with Crippen molar-refractivity contribution in [1.29, 1.82) is 0 Å². The van der Waals surface area contributed by atoms with Crippen molar-refractivity contribution in [3.8, 4) is 11.4 Å². The van der Waals surface area contributed by atoms with Gasteiger partial charge in [0.25, 0.3) is 0 Å². The van der Waals surface area contributed by atoms with Crippen LogP contribution in [0.1, 0.15) is 27.3 Å². The summed E-state index contributed by atoms with van der Waals surface area (Å²) in [5.74, 6) is 0.412. The Morgan fingerprint density at radius 3 is 2.38 bits per heavy atom. The maximum atomic E-state index is 12.9. The first kappa shape index (κ1) is 23.7. The highest BCUT2D eigenvalue weighted by Gasteiger charge is 2.30. The molecule has 0 saturated carbocycles. The quantitative estimate of drug-likeness (QED) is 0.249. The van der Waals surface area contributed by atoms with E-state index in [1.165, 1.54) is 24.8 Å². The molecular weight excluding hydrogens is 463 g/mol.